The van der Waals surface area contributed by atoms with Gasteiger partial charge in [-0.15, -0.1) is 0 Å². The lowest BCUT2D eigenvalue weighted by Gasteiger charge is -2.24. The van der Waals surface area contributed by atoms with Crippen LogP contribution in [0.25, 0.3) is 5.57 Å². The van der Waals surface area contributed by atoms with Crippen LogP contribution in [-0.4, -0.2) is 37.2 Å². The highest BCUT2D eigenvalue weighted by atomic mass is 32.1. The average molecular weight is 502 g/mol. The molecule has 1 atom stereocenters. The van der Waals surface area contributed by atoms with E-state index in [9.17, 15) is 14.4 Å². The Morgan fingerprint density at radius 2 is 1.89 bits per heavy atom. The number of nitrogens with zero attached hydrogens (tertiary/aromatic N) is 3. The standard InChI is InChI=1S/C27H23N3O5S/c1-5-14-35-26(33)20-15(2)28-27-30(22(20)16-10-12-17(34-4)13-11-16)25(32)23(36-27)21-18-8-6-7-9-19(18)29(3)24(21)31/h5-13,22H,1,14H2,2-4H3/b23-21-. The van der Waals surface area contributed by atoms with Crippen LogP contribution in [0.2, 0.25) is 0 Å². The first-order valence-corrected chi connectivity index (χ1v) is 12.0. The number of hydrogen-bond donors (Lipinski definition) is 0. The Hall–Kier alpha value is -4.24. The van der Waals surface area contributed by atoms with Crippen molar-refractivity contribution in [3.8, 4) is 5.75 Å². The predicted molar refractivity (Wildman–Crippen MR) is 137 cm³/mol. The Labute approximate surface area is 210 Å². The Morgan fingerprint density at radius 3 is 2.58 bits per heavy atom. The van der Waals surface area contributed by atoms with E-state index in [0.717, 1.165) is 17.0 Å². The fourth-order valence-corrected chi connectivity index (χ4v) is 5.67. The molecule has 182 valence electrons. The largest absolute Gasteiger partial charge is 0.497 e. The minimum Gasteiger partial charge on any atom is -0.497 e. The molecule has 3 aromatic rings. The second kappa shape index (κ2) is 9.09. The van der Waals surface area contributed by atoms with Crippen LogP contribution >= 0.6 is 11.3 Å². The molecule has 8 nitrogen and oxygen atoms in total. The van der Waals surface area contributed by atoms with Gasteiger partial charge in [0, 0.05) is 12.6 Å². The van der Waals surface area contributed by atoms with Gasteiger partial charge in [0.1, 0.15) is 16.9 Å². The van der Waals surface area contributed by atoms with Crippen molar-refractivity contribution < 1.29 is 19.1 Å². The molecule has 1 unspecified atom stereocenters. The van der Waals surface area contributed by atoms with E-state index in [-0.39, 0.29) is 22.6 Å². The van der Waals surface area contributed by atoms with Gasteiger partial charge in [-0.25, -0.2) is 9.79 Å². The zero-order chi connectivity index (χ0) is 25.6. The van der Waals surface area contributed by atoms with Crippen LogP contribution in [0.4, 0.5) is 5.69 Å². The van der Waals surface area contributed by atoms with E-state index in [4.69, 9.17) is 9.47 Å². The first-order valence-electron chi connectivity index (χ1n) is 11.2. The number of anilines is 1. The third-order valence-corrected chi connectivity index (χ3v) is 7.31. The summed E-state index contributed by atoms with van der Waals surface area (Å²) in [5, 5.41) is 0. The first-order chi connectivity index (χ1) is 17.4. The SMILES string of the molecule is C=CCOC(=O)C1=C(C)N=c2s/c(=C3\C(=O)N(C)c4ccccc43)c(=O)n2C1c1ccc(OC)cc1. The highest BCUT2D eigenvalue weighted by molar-refractivity contribution is 7.07. The normalized spacial score (nSPS) is 17.9. The van der Waals surface area contributed by atoms with E-state index >= 15 is 0 Å². The van der Waals surface area contributed by atoms with Gasteiger partial charge >= 0.3 is 5.97 Å². The van der Waals surface area contributed by atoms with Crippen molar-refractivity contribution >= 4 is 34.5 Å². The Balaban J connectivity index is 1.79. The molecule has 0 saturated carbocycles. The monoisotopic (exact) mass is 501 g/mol. The lowest BCUT2D eigenvalue weighted by molar-refractivity contribution is -0.138. The maximum atomic E-state index is 14.0. The van der Waals surface area contributed by atoms with Crippen LogP contribution in [0.3, 0.4) is 0 Å². The number of benzene rings is 2. The van der Waals surface area contributed by atoms with E-state index in [0.29, 0.717) is 32.9 Å². The van der Waals surface area contributed by atoms with Crippen molar-refractivity contribution in [2.45, 2.75) is 13.0 Å². The van der Waals surface area contributed by atoms with Crippen LogP contribution in [0.5, 0.6) is 5.75 Å². The van der Waals surface area contributed by atoms with Gasteiger partial charge in [0.15, 0.2) is 4.80 Å². The number of aromatic nitrogens is 1. The number of ether oxygens (including phenoxy) is 2. The van der Waals surface area contributed by atoms with Crippen LogP contribution in [0, 0.1) is 0 Å². The molecule has 0 saturated heterocycles. The summed E-state index contributed by atoms with van der Waals surface area (Å²) in [4.78, 5) is 46.8. The summed E-state index contributed by atoms with van der Waals surface area (Å²) in [6, 6.07) is 13.7. The summed E-state index contributed by atoms with van der Waals surface area (Å²) in [6.07, 6.45) is 1.48. The number of carbonyl (C=O) groups excluding carboxylic acids is 2. The highest BCUT2D eigenvalue weighted by Gasteiger charge is 2.36. The molecule has 9 heteroatoms. The van der Waals surface area contributed by atoms with Gasteiger partial charge in [-0.1, -0.05) is 54.3 Å². The van der Waals surface area contributed by atoms with Crippen LogP contribution in [0.1, 0.15) is 24.1 Å². The van der Waals surface area contributed by atoms with Gasteiger partial charge in [0.05, 0.1) is 35.7 Å². The van der Waals surface area contributed by atoms with Gasteiger partial charge in [-0.3, -0.25) is 14.2 Å². The third-order valence-electron chi connectivity index (χ3n) is 6.26. The van der Waals surface area contributed by atoms with Crippen molar-refractivity contribution in [1.29, 1.82) is 0 Å². The number of para-hydroxylation sites is 1. The van der Waals surface area contributed by atoms with Crippen molar-refractivity contribution in [1.82, 2.24) is 4.57 Å². The maximum absolute atomic E-state index is 14.0. The molecular formula is C27H23N3O5S. The summed E-state index contributed by atoms with van der Waals surface area (Å²) < 4.78 is 12.4. The summed E-state index contributed by atoms with van der Waals surface area (Å²) in [5.74, 6) is -0.207. The molecule has 0 N–H and O–H groups in total. The second-order valence-electron chi connectivity index (χ2n) is 8.32. The quantitative estimate of drug-likeness (QED) is 0.395. The molecule has 0 radical (unpaired) electrons. The minimum atomic E-state index is -0.789. The minimum absolute atomic E-state index is 0.0249. The fraction of sp³-hybridized carbons (Fsp3) is 0.185. The van der Waals surface area contributed by atoms with E-state index < -0.39 is 17.6 Å². The number of fused-ring (bicyclic) bond motifs is 2. The molecule has 5 rings (SSSR count). The van der Waals surface area contributed by atoms with Crippen molar-refractivity contribution in [2.75, 3.05) is 25.7 Å². The van der Waals surface area contributed by atoms with E-state index in [1.807, 2.05) is 24.3 Å². The second-order valence-corrected chi connectivity index (χ2v) is 9.30. The molecule has 2 aromatic carbocycles. The van der Waals surface area contributed by atoms with Gasteiger partial charge in [0.25, 0.3) is 11.5 Å². The van der Waals surface area contributed by atoms with Crippen molar-refractivity contribution in [3.05, 3.63) is 103 Å². The zero-order valence-corrected chi connectivity index (χ0v) is 20.8. The van der Waals surface area contributed by atoms with Crippen molar-refractivity contribution in [3.63, 3.8) is 0 Å². The fourth-order valence-electron chi connectivity index (χ4n) is 4.54. The Bertz CT molecular complexity index is 1630. The average Bonchev–Trinajstić information content (AvgIpc) is 3.34. The predicted octanol–water partition coefficient (Wildman–Crippen LogP) is 2.32. The van der Waals surface area contributed by atoms with E-state index in [1.165, 1.54) is 15.5 Å². The molecule has 2 aliphatic rings. The molecule has 0 spiro atoms. The zero-order valence-electron chi connectivity index (χ0n) is 20.0. The number of allylic oxidation sites excluding steroid dienone is 1. The van der Waals surface area contributed by atoms with E-state index in [2.05, 4.69) is 11.6 Å². The summed E-state index contributed by atoms with van der Waals surface area (Å²) in [6.45, 7) is 5.34. The van der Waals surface area contributed by atoms with Gasteiger partial charge in [-0.05, 0) is 30.7 Å². The molecule has 0 fully saturated rings. The number of carbonyl (C=O) groups is 2. The summed E-state index contributed by atoms with van der Waals surface area (Å²) in [5.41, 5.74) is 2.75. The van der Waals surface area contributed by atoms with Gasteiger partial charge in [0.2, 0.25) is 0 Å². The highest BCUT2D eigenvalue weighted by Crippen LogP contribution is 2.35. The van der Waals surface area contributed by atoms with Crippen LogP contribution < -0.4 is 24.5 Å². The van der Waals surface area contributed by atoms with Gasteiger partial charge < -0.3 is 14.4 Å². The number of methoxy groups -OCH3 is 1. The molecule has 0 aliphatic carbocycles. The van der Waals surface area contributed by atoms with Crippen LogP contribution in [0.15, 0.2) is 82.2 Å². The lowest BCUT2D eigenvalue weighted by atomic mass is 9.96. The number of likely N-dealkylation sites (N-methyl/N-ethyl adjacent to an activating group) is 1. The van der Waals surface area contributed by atoms with Crippen molar-refractivity contribution in [2.24, 2.45) is 4.99 Å². The Kier molecular flexibility index (Phi) is 5.93. The Morgan fingerprint density at radius 1 is 1.17 bits per heavy atom. The maximum Gasteiger partial charge on any atom is 0.338 e. The number of hydrogen-bond acceptors (Lipinski definition) is 7. The third kappa shape index (κ3) is 3.59. The smallest absolute Gasteiger partial charge is 0.338 e. The molecule has 3 heterocycles. The van der Waals surface area contributed by atoms with E-state index in [1.54, 1.807) is 45.3 Å². The molecule has 1 aromatic heterocycles. The van der Waals surface area contributed by atoms with Gasteiger partial charge in [-0.2, -0.15) is 0 Å². The number of thiazole rings is 1. The summed E-state index contributed by atoms with van der Waals surface area (Å²) >= 11 is 1.14. The molecule has 2 aliphatic heterocycles. The molecule has 1 amide bonds. The number of rotatable bonds is 5. The molecule has 36 heavy (non-hydrogen) atoms. The first kappa shape index (κ1) is 23.5. The number of esters is 1. The number of amides is 1. The molecule has 0 bridgehead atoms. The molecular weight excluding hydrogens is 478 g/mol. The lowest BCUT2D eigenvalue weighted by Crippen LogP contribution is -2.40. The topological polar surface area (TPSA) is 90.2 Å². The summed E-state index contributed by atoms with van der Waals surface area (Å²) in [7, 11) is 3.25. The van der Waals surface area contributed by atoms with Crippen LogP contribution in [-0.2, 0) is 14.3 Å².